The predicted molar refractivity (Wildman–Crippen MR) is 73.1 cm³/mol. The van der Waals surface area contributed by atoms with Crippen LogP contribution in [-0.2, 0) is 4.74 Å². The number of hydrogen-bond acceptors (Lipinski definition) is 3. The second kappa shape index (κ2) is 5.09. The Morgan fingerprint density at radius 2 is 2.32 bits per heavy atom. The van der Waals surface area contributed by atoms with Gasteiger partial charge in [-0.2, -0.15) is 0 Å². The summed E-state index contributed by atoms with van der Waals surface area (Å²) in [6.07, 6.45) is 0.733. The van der Waals surface area contributed by atoms with Crippen molar-refractivity contribution in [1.82, 2.24) is 0 Å². The van der Waals surface area contributed by atoms with Gasteiger partial charge in [0.25, 0.3) is 0 Å². The fraction of sp³-hybridized carbons (Fsp3) is 0.462. The van der Waals surface area contributed by atoms with E-state index in [-0.39, 0.29) is 27.4 Å². The molecule has 0 aromatic heterocycles. The topological polar surface area (TPSA) is 58.6 Å². The third-order valence-electron chi connectivity index (χ3n) is 3.62. The van der Waals surface area contributed by atoms with Crippen molar-refractivity contribution in [2.45, 2.75) is 31.9 Å². The summed E-state index contributed by atoms with van der Waals surface area (Å²) in [5.74, 6) is -1.76. The SMILES string of the molecule is CC1OCCC1(C)Nc1ccc(C(=O)O)c(Br)c1F. The standard InChI is InChI=1S/C13H15BrFNO3/c1-7-13(2,5-6-19-7)16-9-4-3-8(12(17)18)10(14)11(9)15/h3-4,7,16H,5-6H2,1-2H3,(H,17,18). The molecular weight excluding hydrogens is 317 g/mol. The van der Waals surface area contributed by atoms with Crippen LogP contribution in [0.1, 0.15) is 30.6 Å². The van der Waals surface area contributed by atoms with Crippen molar-refractivity contribution in [2.75, 3.05) is 11.9 Å². The smallest absolute Gasteiger partial charge is 0.336 e. The summed E-state index contributed by atoms with van der Waals surface area (Å²) in [7, 11) is 0. The molecule has 1 aromatic carbocycles. The number of aromatic carboxylic acids is 1. The molecule has 2 N–H and O–H groups in total. The van der Waals surface area contributed by atoms with E-state index in [0.29, 0.717) is 6.61 Å². The van der Waals surface area contributed by atoms with Crippen molar-refractivity contribution >= 4 is 27.6 Å². The largest absolute Gasteiger partial charge is 0.478 e. The first kappa shape index (κ1) is 14.3. The molecular formula is C13H15BrFNO3. The monoisotopic (exact) mass is 331 g/mol. The van der Waals surface area contributed by atoms with Gasteiger partial charge in [-0.05, 0) is 48.3 Å². The number of carbonyl (C=O) groups is 1. The molecule has 0 radical (unpaired) electrons. The zero-order valence-corrected chi connectivity index (χ0v) is 12.3. The Morgan fingerprint density at radius 1 is 1.63 bits per heavy atom. The quantitative estimate of drug-likeness (QED) is 0.892. The zero-order chi connectivity index (χ0) is 14.2. The second-order valence-electron chi connectivity index (χ2n) is 4.90. The highest BCUT2D eigenvalue weighted by Gasteiger charge is 2.37. The van der Waals surface area contributed by atoms with Crippen molar-refractivity contribution in [3.05, 3.63) is 28.0 Å². The van der Waals surface area contributed by atoms with E-state index in [4.69, 9.17) is 9.84 Å². The van der Waals surface area contributed by atoms with Gasteiger partial charge in [0.05, 0.1) is 27.4 Å². The molecule has 104 valence electrons. The van der Waals surface area contributed by atoms with Crippen LogP contribution < -0.4 is 5.32 Å². The minimum atomic E-state index is -1.17. The van der Waals surface area contributed by atoms with Gasteiger partial charge in [-0.15, -0.1) is 0 Å². The van der Waals surface area contributed by atoms with Crippen LogP contribution in [0, 0.1) is 5.82 Å². The number of nitrogens with one attached hydrogen (secondary N) is 1. The number of carboxylic acid groups (broad SMARTS) is 1. The molecule has 6 heteroatoms. The highest BCUT2D eigenvalue weighted by atomic mass is 79.9. The van der Waals surface area contributed by atoms with E-state index in [9.17, 15) is 9.18 Å². The van der Waals surface area contributed by atoms with Crippen LogP contribution >= 0.6 is 15.9 Å². The lowest BCUT2D eigenvalue weighted by Gasteiger charge is -2.30. The summed E-state index contributed by atoms with van der Waals surface area (Å²) in [6, 6.07) is 2.82. The van der Waals surface area contributed by atoms with Gasteiger partial charge in [0.1, 0.15) is 0 Å². The van der Waals surface area contributed by atoms with E-state index < -0.39 is 11.8 Å². The number of ether oxygens (including phenoxy) is 1. The predicted octanol–water partition coefficient (Wildman–Crippen LogP) is 3.27. The molecule has 2 atom stereocenters. The minimum absolute atomic E-state index is 0.0372. The average molecular weight is 332 g/mol. The van der Waals surface area contributed by atoms with E-state index in [1.54, 1.807) is 0 Å². The van der Waals surface area contributed by atoms with E-state index in [1.807, 2.05) is 13.8 Å². The van der Waals surface area contributed by atoms with Crippen LogP contribution in [0.2, 0.25) is 0 Å². The summed E-state index contributed by atoms with van der Waals surface area (Å²) in [5, 5.41) is 12.0. The molecule has 0 amide bonds. The lowest BCUT2D eigenvalue weighted by atomic mass is 9.94. The normalized spacial score (nSPS) is 26.4. The van der Waals surface area contributed by atoms with Crippen molar-refractivity contribution in [2.24, 2.45) is 0 Å². The Labute approximate surface area is 119 Å². The summed E-state index contributed by atoms with van der Waals surface area (Å²) in [5.41, 5.74) is -0.175. The van der Waals surface area contributed by atoms with Gasteiger partial charge >= 0.3 is 5.97 Å². The number of hydrogen-bond donors (Lipinski definition) is 2. The molecule has 1 aromatic rings. The average Bonchev–Trinajstić information content (AvgIpc) is 2.65. The molecule has 1 heterocycles. The maximum absolute atomic E-state index is 14.2. The van der Waals surface area contributed by atoms with Crippen molar-refractivity contribution in [1.29, 1.82) is 0 Å². The molecule has 19 heavy (non-hydrogen) atoms. The van der Waals surface area contributed by atoms with E-state index >= 15 is 0 Å². The Balaban J connectivity index is 2.32. The van der Waals surface area contributed by atoms with Gasteiger partial charge in [-0.1, -0.05) is 0 Å². The number of halogens is 2. The highest BCUT2D eigenvalue weighted by molar-refractivity contribution is 9.10. The summed E-state index contributed by atoms with van der Waals surface area (Å²) >= 11 is 2.99. The van der Waals surface area contributed by atoms with E-state index in [2.05, 4.69) is 21.2 Å². The van der Waals surface area contributed by atoms with E-state index in [0.717, 1.165) is 6.42 Å². The van der Waals surface area contributed by atoms with E-state index in [1.165, 1.54) is 12.1 Å². The van der Waals surface area contributed by atoms with Crippen molar-refractivity contribution in [3.63, 3.8) is 0 Å². The molecule has 1 aliphatic rings. The van der Waals surface area contributed by atoms with Crippen LogP contribution in [0.15, 0.2) is 16.6 Å². The fourth-order valence-electron chi connectivity index (χ4n) is 2.12. The molecule has 0 aliphatic carbocycles. The van der Waals surface area contributed by atoms with Crippen molar-refractivity contribution < 1.29 is 19.0 Å². The van der Waals surface area contributed by atoms with Gasteiger partial charge in [0.15, 0.2) is 5.82 Å². The highest BCUT2D eigenvalue weighted by Crippen LogP contribution is 2.33. The van der Waals surface area contributed by atoms with Gasteiger partial charge in [0, 0.05) is 6.61 Å². The van der Waals surface area contributed by atoms with Gasteiger partial charge < -0.3 is 15.2 Å². The molecule has 1 saturated heterocycles. The third kappa shape index (κ3) is 2.60. The Kier molecular flexibility index (Phi) is 3.82. The Hall–Kier alpha value is -1.14. The molecule has 1 aliphatic heterocycles. The van der Waals surface area contributed by atoms with Crippen molar-refractivity contribution in [3.8, 4) is 0 Å². The van der Waals surface area contributed by atoms with Crippen LogP contribution in [0.3, 0.4) is 0 Å². The molecule has 0 spiro atoms. The lowest BCUT2D eigenvalue weighted by Crippen LogP contribution is -2.41. The first-order chi connectivity index (χ1) is 8.85. The Morgan fingerprint density at radius 3 is 2.84 bits per heavy atom. The fourth-order valence-corrected chi connectivity index (χ4v) is 2.63. The van der Waals surface area contributed by atoms with Crippen LogP contribution in [0.5, 0.6) is 0 Å². The zero-order valence-electron chi connectivity index (χ0n) is 10.7. The number of benzene rings is 1. The Bertz CT molecular complexity index is 523. The lowest BCUT2D eigenvalue weighted by molar-refractivity contribution is 0.0695. The molecule has 0 saturated carbocycles. The first-order valence-electron chi connectivity index (χ1n) is 5.96. The maximum atomic E-state index is 14.2. The summed E-state index contributed by atoms with van der Waals surface area (Å²) in [4.78, 5) is 10.9. The molecule has 4 nitrogen and oxygen atoms in total. The first-order valence-corrected chi connectivity index (χ1v) is 6.75. The number of anilines is 1. The third-order valence-corrected chi connectivity index (χ3v) is 4.39. The van der Waals surface area contributed by atoms with Gasteiger partial charge in [-0.25, -0.2) is 9.18 Å². The molecule has 1 fully saturated rings. The number of carboxylic acids is 1. The van der Waals surface area contributed by atoms with Crippen LogP contribution in [0.25, 0.3) is 0 Å². The number of rotatable bonds is 3. The molecule has 2 rings (SSSR count). The molecule has 2 unspecified atom stereocenters. The minimum Gasteiger partial charge on any atom is -0.478 e. The van der Waals surface area contributed by atoms with Gasteiger partial charge in [0.2, 0.25) is 0 Å². The maximum Gasteiger partial charge on any atom is 0.336 e. The van der Waals surface area contributed by atoms with Crippen LogP contribution in [-0.4, -0.2) is 29.3 Å². The molecule has 0 bridgehead atoms. The van der Waals surface area contributed by atoms with Gasteiger partial charge in [-0.3, -0.25) is 0 Å². The summed E-state index contributed by atoms with van der Waals surface area (Å²) in [6.45, 7) is 4.52. The van der Waals surface area contributed by atoms with Crippen LogP contribution in [0.4, 0.5) is 10.1 Å². The second-order valence-corrected chi connectivity index (χ2v) is 5.69. The summed E-state index contributed by atoms with van der Waals surface area (Å²) < 4.78 is 19.6.